The van der Waals surface area contributed by atoms with Crippen molar-refractivity contribution in [3.8, 4) is 5.75 Å². The SMILES string of the molecule is CC(C)(Br)C(=O)Nc1ccc(OCc2ccccc2)cc1. The summed E-state index contributed by atoms with van der Waals surface area (Å²) in [7, 11) is 0. The van der Waals surface area contributed by atoms with Crippen molar-refractivity contribution in [2.24, 2.45) is 0 Å². The highest BCUT2D eigenvalue weighted by Gasteiger charge is 2.23. The van der Waals surface area contributed by atoms with Gasteiger partial charge in [0.2, 0.25) is 5.91 Å². The third-order valence-corrected chi connectivity index (χ3v) is 3.26. The summed E-state index contributed by atoms with van der Waals surface area (Å²) in [4.78, 5) is 11.8. The number of alkyl halides is 1. The van der Waals surface area contributed by atoms with E-state index in [1.165, 1.54) is 0 Å². The van der Waals surface area contributed by atoms with Gasteiger partial charge in [-0.1, -0.05) is 46.3 Å². The number of anilines is 1. The van der Waals surface area contributed by atoms with Crippen molar-refractivity contribution < 1.29 is 9.53 Å². The summed E-state index contributed by atoms with van der Waals surface area (Å²) in [5.74, 6) is 0.690. The average Bonchev–Trinajstić information content (AvgIpc) is 2.46. The maximum Gasteiger partial charge on any atom is 0.240 e. The highest BCUT2D eigenvalue weighted by atomic mass is 79.9. The topological polar surface area (TPSA) is 38.3 Å². The number of carbonyl (C=O) groups excluding carboxylic acids is 1. The fourth-order valence-electron chi connectivity index (χ4n) is 1.66. The van der Waals surface area contributed by atoms with Gasteiger partial charge in [0, 0.05) is 5.69 Å². The third kappa shape index (κ3) is 4.90. The Hall–Kier alpha value is -1.81. The molecular formula is C17H18BrNO2. The van der Waals surface area contributed by atoms with Gasteiger partial charge in [-0.15, -0.1) is 0 Å². The number of halogens is 1. The molecule has 0 radical (unpaired) electrons. The second-order valence-electron chi connectivity index (χ2n) is 5.23. The van der Waals surface area contributed by atoms with Crippen LogP contribution in [0.5, 0.6) is 5.75 Å². The number of hydrogen-bond donors (Lipinski definition) is 1. The molecule has 21 heavy (non-hydrogen) atoms. The number of ether oxygens (including phenoxy) is 1. The molecule has 3 nitrogen and oxygen atoms in total. The molecule has 4 heteroatoms. The summed E-state index contributed by atoms with van der Waals surface area (Å²) in [5.41, 5.74) is 1.87. The quantitative estimate of drug-likeness (QED) is 0.815. The van der Waals surface area contributed by atoms with Gasteiger partial charge in [0.15, 0.2) is 0 Å². The van der Waals surface area contributed by atoms with Crippen molar-refractivity contribution in [2.45, 2.75) is 24.8 Å². The maximum atomic E-state index is 11.8. The van der Waals surface area contributed by atoms with E-state index in [-0.39, 0.29) is 5.91 Å². The minimum Gasteiger partial charge on any atom is -0.489 e. The van der Waals surface area contributed by atoms with Crippen LogP contribution in [0.2, 0.25) is 0 Å². The van der Waals surface area contributed by atoms with Crippen LogP contribution in [0, 0.1) is 0 Å². The van der Waals surface area contributed by atoms with Crippen LogP contribution in [0.25, 0.3) is 0 Å². The van der Waals surface area contributed by atoms with Gasteiger partial charge >= 0.3 is 0 Å². The normalized spacial score (nSPS) is 11.0. The van der Waals surface area contributed by atoms with E-state index in [0.717, 1.165) is 17.0 Å². The zero-order chi connectivity index (χ0) is 15.3. The Balaban J connectivity index is 1.92. The van der Waals surface area contributed by atoms with E-state index >= 15 is 0 Å². The van der Waals surface area contributed by atoms with Crippen LogP contribution in [0.1, 0.15) is 19.4 Å². The van der Waals surface area contributed by atoms with E-state index in [4.69, 9.17) is 4.74 Å². The minimum absolute atomic E-state index is 0.0829. The van der Waals surface area contributed by atoms with Gasteiger partial charge in [0.1, 0.15) is 12.4 Å². The summed E-state index contributed by atoms with van der Waals surface area (Å²) in [5, 5.41) is 2.84. The van der Waals surface area contributed by atoms with Crippen LogP contribution >= 0.6 is 15.9 Å². The molecule has 0 bridgehead atoms. The second-order valence-corrected chi connectivity index (χ2v) is 7.21. The predicted molar refractivity (Wildman–Crippen MR) is 88.9 cm³/mol. The van der Waals surface area contributed by atoms with Crippen LogP contribution in [-0.2, 0) is 11.4 Å². The Kier molecular flexibility index (Phi) is 5.02. The molecule has 1 amide bonds. The van der Waals surface area contributed by atoms with Gasteiger partial charge in [-0.2, -0.15) is 0 Å². The second kappa shape index (κ2) is 6.76. The third-order valence-electron chi connectivity index (χ3n) is 2.90. The molecule has 0 saturated carbocycles. The lowest BCUT2D eigenvalue weighted by atomic mass is 10.2. The van der Waals surface area contributed by atoms with Crippen molar-refractivity contribution in [1.29, 1.82) is 0 Å². The number of nitrogens with one attached hydrogen (secondary N) is 1. The number of carbonyl (C=O) groups is 1. The molecule has 0 aromatic heterocycles. The Morgan fingerprint density at radius 2 is 1.71 bits per heavy atom. The number of amides is 1. The zero-order valence-electron chi connectivity index (χ0n) is 12.1. The van der Waals surface area contributed by atoms with Gasteiger partial charge in [0.25, 0.3) is 0 Å². The molecule has 0 unspecified atom stereocenters. The highest BCUT2D eigenvalue weighted by Crippen LogP contribution is 2.21. The molecule has 0 spiro atoms. The van der Waals surface area contributed by atoms with Gasteiger partial charge < -0.3 is 10.1 Å². The Morgan fingerprint density at radius 3 is 2.29 bits per heavy atom. The van der Waals surface area contributed by atoms with Crippen molar-refractivity contribution >= 4 is 27.5 Å². The van der Waals surface area contributed by atoms with Gasteiger partial charge in [-0.25, -0.2) is 0 Å². The lowest BCUT2D eigenvalue weighted by molar-refractivity contribution is -0.117. The van der Waals surface area contributed by atoms with Gasteiger partial charge in [-0.05, 0) is 43.7 Å². The zero-order valence-corrected chi connectivity index (χ0v) is 13.7. The number of rotatable bonds is 5. The van der Waals surface area contributed by atoms with Crippen LogP contribution in [-0.4, -0.2) is 10.2 Å². The molecule has 0 heterocycles. The summed E-state index contributed by atoms with van der Waals surface area (Å²) in [6.07, 6.45) is 0. The first-order valence-corrected chi connectivity index (χ1v) is 7.51. The summed E-state index contributed by atoms with van der Waals surface area (Å²) < 4.78 is 5.11. The molecule has 0 aliphatic rings. The summed E-state index contributed by atoms with van der Waals surface area (Å²) >= 11 is 3.33. The fourth-order valence-corrected chi connectivity index (χ4v) is 1.75. The van der Waals surface area contributed by atoms with Crippen molar-refractivity contribution in [3.05, 3.63) is 60.2 Å². The van der Waals surface area contributed by atoms with Gasteiger partial charge in [0.05, 0.1) is 4.32 Å². The predicted octanol–water partition coefficient (Wildman–Crippen LogP) is 4.38. The first-order valence-electron chi connectivity index (χ1n) is 6.72. The number of hydrogen-bond acceptors (Lipinski definition) is 2. The Labute approximate surface area is 133 Å². The van der Waals surface area contributed by atoms with Crippen LogP contribution in [0.4, 0.5) is 5.69 Å². The average molecular weight is 348 g/mol. The molecule has 0 aliphatic heterocycles. The summed E-state index contributed by atoms with van der Waals surface area (Å²) in [6, 6.07) is 17.3. The van der Waals surface area contributed by atoms with Gasteiger partial charge in [-0.3, -0.25) is 4.79 Å². The van der Waals surface area contributed by atoms with E-state index in [0.29, 0.717) is 6.61 Å². The molecule has 2 rings (SSSR count). The fraction of sp³-hybridized carbons (Fsp3) is 0.235. The highest BCUT2D eigenvalue weighted by molar-refractivity contribution is 9.10. The van der Waals surface area contributed by atoms with Crippen molar-refractivity contribution in [3.63, 3.8) is 0 Å². The van der Waals surface area contributed by atoms with Crippen LogP contribution in [0.3, 0.4) is 0 Å². The molecule has 1 N–H and O–H groups in total. The number of benzene rings is 2. The van der Waals surface area contributed by atoms with E-state index in [1.54, 1.807) is 13.8 Å². The first kappa shape index (κ1) is 15.6. The largest absolute Gasteiger partial charge is 0.489 e. The van der Waals surface area contributed by atoms with E-state index in [2.05, 4.69) is 21.2 Å². The van der Waals surface area contributed by atoms with Crippen molar-refractivity contribution in [2.75, 3.05) is 5.32 Å². The molecule has 2 aromatic carbocycles. The molecule has 0 atom stereocenters. The standard InChI is InChI=1S/C17H18BrNO2/c1-17(2,18)16(20)19-14-8-10-15(11-9-14)21-12-13-6-4-3-5-7-13/h3-11H,12H2,1-2H3,(H,19,20). The molecule has 2 aromatic rings. The Morgan fingerprint density at radius 1 is 1.10 bits per heavy atom. The lowest BCUT2D eigenvalue weighted by Gasteiger charge is -2.16. The summed E-state index contributed by atoms with van der Waals surface area (Å²) in [6.45, 7) is 4.14. The van der Waals surface area contributed by atoms with Crippen LogP contribution < -0.4 is 10.1 Å². The smallest absolute Gasteiger partial charge is 0.240 e. The molecule has 0 aliphatic carbocycles. The monoisotopic (exact) mass is 347 g/mol. The van der Waals surface area contributed by atoms with E-state index < -0.39 is 4.32 Å². The van der Waals surface area contributed by atoms with Crippen molar-refractivity contribution in [1.82, 2.24) is 0 Å². The van der Waals surface area contributed by atoms with Crippen LogP contribution in [0.15, 0.2) is 54.6 Å². The molecule has 0 saturated heterocycles. The van der Waals surface area contributed by atoms with E-state index in [9.17, 15) is 4.79 Å². The maximum absolute atomic E-state index is 11.8. The molecule has 110 valence electrons. The lowest BCUT2D eigenvalue weighted by Crippen LogP contribution is -2.30. The minimum atomic E-state index is -0.588. The first-order chi connectivity index (χ1) is 9.95. The molecule has 0 fully saturated rings. The van der Waals surface area contributed by atoms with E-state index in [1.807, 2.05) is 54.6 Å². The Bertz CT molecular complexity index is 588. The molecular weight excluding hydrogens is 330 g/mol.